The number of ether oxygens (including phenoxy) is 1. The molecule has 0 rings (SSSR count). The van der Waals surface area contributed by atoms with E-state index in [4.69, 9.17) is 4.74 Å². The van der Waals surface area contributed by atoms with E-state index < -0.39 is 0 Å². The van der Waals surface area contributed by atoms with Crippen molar-refractivity contribution >= 4 is 21.8 Å². The molecule has 1 N–H and O–H groups in total. The quantitative estimate of drug-likeness (QED) is 0.728. The highest BCUT2D eigenvalue weighted by molar-refractivity contribution is 9.09. The normalized spacial score (nSPS) is 13.0. The van der Waals surface area contributed by atoms with Crippen molar-refractivity contribution in [2.75, 3.05) is 19.8 Å². The lowest BCUT2D eigenvalue weighted by Crippen LogP contribution is -2.34. The van der Waals surface area contributed by atoms with Crippen molar-refractivity contribution in [2.24, 2.45) is 5.92 Å². The van der Waals surface area contributed by atoms with Gasteiger partial charge in [-0.05, 0) is 12.8 Å². The second-order valence-electron chi connectivity index (χ2n) is 3.20. The number of alkyl halides is 1. The standard InChI is InChI=1S/C9H18BrNO2/c1-4-13-6-9(12)11-5-8(10)7(2)3/h7-8H,4-6H2,1-3H3,(H,11,12). The van der Waals surface area contributed by atoms with Gasteiger partial charge in [-0.15, -0.1) is 0 Å². The number of carbonyl (C=O) groups is 1. The van der Waals surface area contributed by atoms with Gasteiger partial charge in [-0.3, -0.25) is 4.79 Å². The third-order valence-corrected chi connectivity index (χ3v) is 3.04. The Morgan fingerprint density at radius 1 is 1.54 bits per heavy atom. The van der Waals surface area contributed by atoms with Crippen molar-refractivity contribution in [3.05, 3.63) is 0 Å². The zero-order valence-electron chi connectivity index (χ0n) is 8.47. The van der Waals surface area contributed by atoms with E-state index >= 15 is 0 Å². The monoisotopic (exact) mass is 251 g/mol. The van der Waals surface area contributed by atoms with Crippen LogP contribution in [0.5, 0.6) is 0 Å². The maximum absolute atomic E-state index is 11.1. The van der Waals surface area contributed by atoms with E-state index in [9.17, 15) is 4.79 Å². The van der Waals surface area contributed by atoms with Crippen molar-refractivity contribution < 1.29 is 9.53 Å². The molecule has 0 radical (unpaired) electrons. The van der Waals surface area contributed by atoms with Gasteiger partial charge in [0.25, 0.3) is 0 Å². The first-order valence-corrected chi connectivity index (χ1v) is 5.48. The van der Waals surface area contributed by atoms with E-state index in [0.717, 1.165) is 0 Å². The summed E-state index contributed by atoms with van der Waals surface area (Å²) >= 11 is 3.48. The molecule has 0 bridgehead atoms. The summed E-state index contributed by atoms with van der Waals surface area (Å²) in [4.78, 5) is 11.4. The Morgan fingerprint density at radius 3 is 2.62 bits per heavy atom. The van der Waals surface area contributed by atoms with Gasteiger partial charge in [0.2, 0.25) is 5.91 Å². The molecule has 0 saturated heterocycles. The van der Waals surface area contributed by atoms with Crippen LogP contribution in [0.4, 0.5) is 0 Å². The zero-order chi connectivity index (χ0) is 10.3. The molecule has 0 saturated carbocycles. The third-order valence-electron chi connectivity index (χ3n) is 1.65. The van der Waals surface area contributed by atoms with E-state index in [-0.39, 0.29) is 12.5 Å². The molecule has 13 heavy (non-hydrogen) atoms. The lowest BCUT2D eigenvalue weighted by molar-refractivity contribution is -0.125. The molecular weight excluding hydrogens is 234 g/mol. The maximum atomic E-state index is 11.1. The minimum absolute atomic E-state index is 0.0491. The van der Waals surface area contributed by atoms with Crippen molar-refractivity contribution in [2.45, 2.75) is 25.6 Å². The van der Waals surface area contributed by atoms with Crippen LogP contribution in [0.3, 0.4) is 0 Å². The summed E-state index contributed by atoms with van der Waals surface area (Å²) < 4.78 is 4.96. The van der Waals surface area contributed by atoms with Crippen LogP contribution in [0.25, 0.3) is 0 Å². The summed E-state index contributed by atoms with van der Waals surface area (Å²) in [7, 11) is 0. The van der Waals surface area contributed by atoms with Crippen LogP contribution < -0.4 is 5.32 Å². The topological polar surface area (TPSA) is 38.3 Å². The molecule has 0 aromatic heterocycles. The van der Waals surface area contributed by atoms with Crippen molar-refractivity contribution in [3.8, 4) is 0 Å². The predicted octanol–water partition coefficient (Wildman–Crippen LogP) is 1.56. The molecule has 0 spiro atoms. The molecule has 0 aromatic carbocycles. The van der Waals surface area contributed by atoms with Gasteiger partial charge in [-0.25, -0.2) is 0 Å². The summed E-state index contributed by atoms with van der Waals surface area (Å²) in [5.74, 6) is 0.472. The molecule has 0 heterocycles. The van der Waals surface area contributed by atoms with Crippen molar-refractivity contribution in [3.63, 3.8) is 0 Å². The first kappa shape index (κ1) is 12.9. The SMILES string of the molecule is CCOCC(=O)NCC(Br)C(C)C. The van der Waals surface area contributed by atoms with Crippen molar-refractivity contribution in [1.82, 2.24) is 5.32 Å². The zero-order valence-corrected chi connectivity index (χ0v) is 10.1. The Balaban J connectivity index is 3.46. The van der Waals surface area contributed by atoms with Gasteiger partial charge in [0.1, 0.15) is 6.61 Å². The van der Waals surface area contributed by atoms with Gasteiger partial charge in [0, 0.05) is 18.0 Å². The number of rotatable bonds is 6. The van der Waals surface area contributed by atoms with E-state index in [1.165, 1.54) is 0 Å². The minimum atomic E-state index is -0.0491. The Hall–Kier alpha value is -0.0900. The Bertz CT molecular complexity index is 151. The van der Waals surface area contributed by atoms with Crippen LogP contribution in [-0.4, -0.2) is 30.5 Å². The molecule has 0 aliphatic heterocycles. The first-order chi connectivity index (χ1) is 6.07. The number of hydrogen-bond acceptors (Lipinski definition) is 2. The van der Waals surface area contributed by atoms with Gasteiger partial charge in [0.05, 0.1) is 0 Å². The fourth-order valence-electron chi connectivity index (χ4n) is 0.693. The highest BCUT2D eigenvalue weighted by atomic mass is 79.9. The molecule has 0 fully saturated rings. The van der Waals surface area contributed by atoms with Gasteiger partial charge in [-0.1, -0.05) is 29.8 Å². The average molecular weight is 252 g/mol. The predicted molar refractivity (Wildman–Crippen MR) is 57.1 cm³/mol. The number of hydrogen-bond donors (Lipinski definition) is 1. The molecule has 1 atom stereocenters. The van der Waals surface area contributed by atoms with Gasteiger partial charge in [-0.2, -0.15) is 0 Å². The first-order valence-electron chi connectivity index (χ1n) is 4.56. The molecule has 1 unspecified atom stereocenters. The Morgan fingerprint density at radius 2 is 2.15 bits per heavy atom. The van der Waals surface area contributed by atoms with E-state index in [1.54, 1.807) is 0 Å². The Labute approximate surface area is 88.4 Å². The van der Waals surface area contributed by atoms with E-state index in [2.05, 4.69) is 35.1 Å². The van der Waals surface area contributed by atoms with Crippen LogP contribution >= 0.6 is 15.9 Å². The van der Waals surface area contributed by atoms with Gasteiger partial charge >= 0.3 is 0 Å². The van der Waals surface area contributed by atoms with E-state index in [0.29, 0.717) is 23.9 Å². The maximum Gasteiger partial charge on any atom is 0.246 e. The molecule has 3 nitrogen and oxygen atoms in total. The van der Waals surface area contributed by atoms with Crippen LogP contribution in [0, 0.1) is 5.92 Å². The highest BCUT2D eigenvalue weighted by Crippen LogP contribution is 2.09. The number of nitrogens with one attached hydrogen (secondary N) is 1. The fraction of sp³-hybridized carbons (Fsp3) is 0.889. The number of halogens is 1. The minimum Gasteiger partial charge on any atom is -0.372 e. The largest absolute Gasteiger partial charge is 0.372 e. The van der Waals surface area contributed by atoms with Gasteiger partial charge < -0.3 is 10.1 Å². The number of carbonyl (C=O) groups excluding carboxylic acids is 1. The summed E-state index contributed by atoms with van der Waals surface area (Å²) in [6, 6.07) is 0. The van der Waals surface area contributed by atoms with Gasteiger partial charge in [0.15, 0.2) is 0 Å². The van der Waals surface area contributed by atoms with Crippen molar-refractivity contribution in [1.29, 1.82) is 0 Å². The highest BCUT2D eigenvalue weighted by Gasteiger charge is 2.10. The van der Waals surface area contributed by atoms with Crippen LogP contribution in [0.2, 0.25) is 0 Å². The molecule has 0 aromatic rings. The molecule has 1 amide bonds. The molecule has 78 valence electrons. The molecular formula is C9H18BrNO2. The van der Waals surface area contributed by atoms with Crippen LogP contribution in [-0.2, 0) is 9.53 Å². The molecule has 4 heteroatoms. The summed E-state index contributed by atoms with van der Waals surface area (Å²) in [5.41, 5.74) is 0. The molecule has 0 aliphatic rings. The Kier molecular flexibility index (Phi) is 7.28. The second-order valence-corrected chi connectivity index (χ2v) is 4.38. The molecule has 0 aliphatic carbocycles. The smallest absolute Gasteiger partial charge is 0.246 e. The lowest BCUT2D eigenvalue weighted by atomic mass is 10.1. The fourth-order valence-corrected chi connectivity index (χ4v) is 0.855. The third kappa shape index (κ3) is 7.02. The average Bonchev–Trinajstić information content (AvgIpc) is 2.10. The summed E-state index contributed by atoms with van der Waals surface area (Å²) in [5, 5.41) is 2.79. The summed E-state index contributed by atoms with van der Waals surface area (Å²) in [6.07, 6.45) is 0. The van der Waals surface area contributed by atoms with Crippen LogP contribution in [0.15, 0.2) is 0 Å². The van der Waals surface area contributed by atoms with Crippen LogP contribution in [0.1, 0.15) is 20.8 Å². The van der Waals surface area contributed by atoms with E-state index in [1.807, 2.05) is 6.92 Å². The lowest BCUT2D eigenvalue weighted by Gasteiger charge is -2.14. The number of amides is 1. The second kappa shape index (κ2) is 7.33. The summed E-state index contributed by atoms with van der Waals surface area (Å²) in [6.45, 7) is 7.48.